The van der Waals surface area contributed by atoms with Gasteiger partial charge in [-0.3, -0.25) is 4.79 Å². The molecule has 0 atom stereocenters. The van der Waals surface area contributed by atoms with Gasteiger partial charge in [-0.25, -0.2) is 4.98 Å². The van der Waals surface area contributed by atoms with Crippen molar-refractivity contribution >= 4 is 44.2 Å². The van der Waals surface area contributed by atoms with Gasteiger partial charge in [0.25, 0.3) is 0 Å². The molecule has 0 aliphatic carbocycles. The number of carbonyl (C=O) groups is 1. The number of fused-ring (bicyclic) bond motifs is 1. The van der Waals surface area contributed by atoms with E-state index in [1.54, 1.807) is 0 Å². The Morgan fingerprint density at radius 2 is 2.31 bits per heavy atom. The van der Waals surface area contributed by atoms with E-state index in [4.69, 9.17) is 11.6 Å². The highest BCUT2D eigenvalue weighted by molar-refractivity contribution is 7.22. The molecule has 0 aliphatic heterocycles. The monoisotopic (exact) mass is 275 g/mol. The van der Waals surface area contributed by atoms with Gasteiger partial charge in [0, 0.05) is 0 Å². The summed E-state index contributed by atoms with van der Waals surface area (Å²) in [6.45, 7) is 2.02. The number of aryl methyl sites for hydroxylation is 1. The molecule has 1 heterocycles. The van der Waals surface area contributed by atoms with Crippen molar-refractivity contribution in [1.82, 2.24) is 4.98 Å². The molecule has 86 valence electrons. The third-order valence-corrected chi connectivity index (χ3v) is 3.09. The molecular formula is C10H9Cl2N2OS-. The first-order valence-corrected chi connectivity index (χ1v) is 5.77. The fourth-order valence-corrected chi connectivity index (χ4v) is 2.29. The number of alkyl halides is 1. The van der Waals surface area contributed by atoms with Crippen molar-refractivity contribution in [2.24, 2.45) is 0 Å². The predicted octanol–water partition coefficient (Wildman–Crippen LogP) is -0.214. The van der Waals surface area contributed by atoms with Crippen molar-refractivity contribution in [2.45, 2.75) is 6.92 Å². The summed E-state index contributed by atoms with van der Waals surface area (Å²) in [5.74, 6) is -0.276. The van der Waals surface area contributed by atoms with Gasteiger partial charge < -0.3 is 17.7 Å². The minimum absolute atomic E-state index is 0. The second-order valence-electron chi connectivity index (χ2n) is 3.17. The fourth-order valence-electron chi connectivity index (χ4n) is 1.24. The number of aromatic nitrogens is 1. The molecular weight excluding hydrogens is 267 g/mol. The van der Waals surface area contributed by atoms with Crippen LogP contribution in [-0.4, -0.2) is 16.8 Å². The SMILES string of the molecule is Cc1ccc2nc(NC(=O)CCl)sc2c1.[Cl-]. The van der Waals surface area contributed by atoms with Crippen LogP contribution in [-0.2, 0) is 4.79 Å². The molecule has 2 rings (SSSR count). The Kier molecular flexibility index (Phi) is 4.53. The van der Waals surface area contributed by atoms with Crippen molar-refractivity contribution in [3.63, 3.8) is 0 Å². The summed E-state index contributed by atoms with van der Waals surface area (Å²) in [7, 11) is 0. The van der Waals surface area contributed by atoms with Crippen LogP contribution in [0.25, 0.3) is 10.2 Å². The highest BCUT2D eigenvalue weighted by Crippen LogP contribution is 2.26. The largest absolute Gasteiger partial charge is 1.00 e. The van der Waals surface area contributed by atoms with Crippen molar-refractivity contribution < 1.29 is 17.2 Å². The lowest BCUT2D eigenvalue weighted by atomic mass is 10.2. The molecule has 2 aromatic rings. The van der Waals surface area contributed by atoms with E-state index in [-0.39, 0.29) is 24.2 Å². The van der Waals surface area contributed by atoms with Gasteiger partial charge in [-0.1, -0.05) is 17.4 Å². The summed E-state index contributed by atoms with van der Waals surface area (Å²) < 4.78 is 1.07. The number of nitrogens with one attached hydrogen (secondary N) is 1. The highest BCUT2D eigenvalue weighted by Gasteiger charge is 2.06. The quantitative estimate of drug-likeness (QED) is 0.771. The molecule has 1 aromatic heterocycles. The maximum atomic E-state index is 11.0. The highest BCUT2D eigenvalue weighted by atomic mass is 35.5. The maximum Gasteiger partial charge on any atom is 0.241 e. The van der Waals surface area contributed by atoms with Gasteiger partial charge in [0.2, 0.25) is 5.91 Å². The molecule has 0 spiro atoms. The lowest BCUT2D eigenvalue weighted by molar-refractivity contribution is -0.113. The third-order valence-electron chi connectivity index (χ3n) is 1.91. The first-order valence-electron chi connectivity index (χ1n) is 4.42. The van der Waals surface area contributed by atoms with E-state index in [1.165, 1.54) is 16.9 Å². The van der Waals surface area contributed by atoms with Crippen molar-refractivity contribution in [1.29, 1.82) is 0 Å². The number of nitrogens with zero attached hydrogens (tertiary/aromatic N) is 1. The van der Waals surface area contributed by atoms with Crippen LogP contribution < -0.4 is 17.7 Å². The van der Waals surface area contributed by atoms with Gasteiger partial charge in [0.05, 0.1) is 10.2 Å². The van der Waals surface area contributed by atoms with Crippen molar-refractivity contribution in [2.75, 3.05) is 11.2 Å². The van der Waals surface area contributed by atoms with Gasteiger partial charge in [-0.2, -0.15) is 0 Å². The summed E-state index contributed by atoms with van der Waals surface area (Å²) in [6, 6.07) is 5.98. The van der Waals surface area contributed by atoms with Gasteiger partial charge in [-0.15, -0.1) is 11.6 Å². The number of hydrogen-bond acceptors (Lipinski definition) is 3. The Morgan fingerprint density at radius 1 is 1.56 bits per heavy atom. The van der Waals surface area contributed by atoms with Crippen LogP contribution in [0.2, 0.25) is 0 Å². The number of amides is 1. The molecule has 0 unspecified atom stereocenters. The van der Waals surface area contributed by atoms with Crippen LogP contribution in [0.15, 0.2) is 18.2 Å². The predicted molar refractivity (Wildman–Crippen MR) is 63.7 cm³/mol. The Balaban J connectivity index is 0.00000128. The normalized spacial score (nSPS) is 9.88. The molecule has 1 amide bonds. The molecule has 0 saturated carbocycles. The van der Waals surface area contributed by atoms with Crippen molar-refractivity contribution in [3.05, 3.63) is 23.8 Å². The van der Waals surface area contributed by atoms with Gasteiger partial charge in [-0.05, 0) is 24.6 Å². The average Bonchev–Trinajstić information content (AvgIpc) is 2.59. The number of halogens is 2. The third kappa shape index (κ3) is 2.84. The standard InChI is InChI=1S/C10H9ClN2OS.ClH/c1-6-2-3-7-8(4-6)15-10(12-7)13-9(14)5-11;/h2-4H,5H2,1H3,(H,12,13,14);1H/p-1. The maximum absolute atomic E-state index is 11.0. The molecule has 0 fully saturated rings. The van der Waals surface area contributed by atoms with Gasteiger partial charge in [0.1, 0.15) is 5.88 Å². The summed E-state index contributed by atoms with van der Waals surface area (Å²) in [5.41, 5.74) is 2.08. The first-order chi connectivity index (χ1) is 7.19. The van der Waals surface area contributed by atoms with E-state index in [0.29, 0.717) is 5.13 Å². The zero-order valence-electron chi connectivity index (χ0n) is 8.46. The minimum atomic E-state index is -0.229. The Morgan fingerprint density at radius 3 is 3.00 bits per heavy atom. The van der Waals surface area contributed by atoms with Gasteiger partial charge >= 0.3 is 0 Å². The molecule has 0 aliphatic rings. The van der Waals surface area contributed by atoms with Crippen molar-refractivity contribution in [3.8, 4) is 0 Å². The summed E-state index contributed by atoms with van der Waals surface area (Å²) in [5, 5.41) is 3.24. The van der Waals surface area contributed by atoms with Crippen LogP contribution in [0.3, 0.4) is 0 Å². The number of thiazole rings is 1. The molecule has 16 heavy (non-hydrogen) atoms. The van der Waals surface area contributed by atoms with E-state index in [2.05, 4.69) is 10.3 Å². The van der Waals surface area contributed by atoms with Crippen LogP contribution in [0.1, 0.15) is 5.56 Å². The number of benzene rings is 1. The Labute approximate surface area is 108 Å². The smallest absolute Gasteiger partial charge is 0.241 e. The van der Waals surface area contributed by atoms with E-state index >= 15 is 0 Å². The number of hydrogen-bond donors (Lipinski definition) is 1. The molecule has 0 saturated heterocycles. The van der Waals surface area contributed by atoms with Crippen LogP contribution in [0, 0.1) is 6.92 Å². The van der Waals surface area contributed by atoms with E-state index in [1.807, 2.05) is 25.1 Å². The lowest BCUT2D eigenvalue weighted by Crippen LogP contribution is -3.00. The van der Waals surface area contributed by atoms with E-state index in [0.717, 1.165) is 10.2 Å². The molecule has 3 nitrogen and oxygen atoms in total. The molecule has 0 radical (unpaired) electrons. The molecule has 1 aromatic carbocycles. The van der Waals surface area contributed by atoms with E-state index in [9.17, 15) is 4.79 Å². The lowest BCUT2D eigenvalue weighted by Gasteiger charge is -1.94. The summed E-state index contributed by atoms with van der Waals surface area (Å²) in [6.07, 6.45) is 0. The Bertz CT molecular complexity index is 512. The zero-order chi connectivity index (χ0) is 10.8. The van der Waals surface area contributed by atoms with Crippen LogP contribution in [0.4, 0.5) is 5.13 Å². The number of anilines is 1. The summed E-state index contributed by atoms with van der Waals surface area (Å²) in [4.78, 5) is 15.3. The number of rotatable bonds is 2. The number of carbonyl (C=O) groups excluding carboxylic acids is 1. The first kappa shape index (κ1) is 13.2. The fraction of sp³-hybridized carbons (Fsp3) is 0.200. The van der Waals surface area contributed by atoms with Crippen LogP contribution >= 0.6 is 22.9 Å². The Hall–Kier alpha value is -0.840. The van der Waals surface area contributed by atoms with Gasteiger partial charge in [0.15, 0.2) is 5.13 Å². The minimum Gasteiger partial charge on any atom is -1.00 e. The van der Waals surface area contributed by atoms with Crippen LogP contribution in [0.5, 0.6) is 0 Å². The molecule has 0 bridgehead atoms. The second kappa shape index (κ2) is 5.48. The molecule has 1 N–H and O–H groups in total. The zero-order valence-corrected chi connectivity index (χ0v) is 10.8. The topological polar surface area (TPSA) is 42.0 Å². The summed E-state index contributed by atoms with van der Waals surface area (Å²) >= 11 is 6.84. The molecule has 6 heteroatoms. The average molecular weight is 276 g/mol. The van der Waals surface area contributed by atoms with E-state index < -0.39 is 0 Å². The second-order valence-corrected chi connectivity index (χ2v) is 4.47.